The Morgan fingerprint density at radius 3 is 2.71 bits per heavy atom. The second-order valence-corrected chi connectivity index (χ2v) is 7.96. The van der Waals surface area contributed by atoms with E-state index in [1.165, 1.54) is 17.0 Å². The van der Waals surface area contributed by atoms with Crippen molar-refractivity contribution in [1.29, 1.82) is 0 Å². The number of thiazole rings is 1. The van der Waals surface area contributed by atoms with Crippen LogP contribution >= 0.6 is 11.3 Å². The highest BCUT2D eigenvalue weighted by molar-refractivity contribution is 7.11. The van der Waals surface area contributed by atoms with Crippen molar-refractivity contribution in [1.82, 2.24) is 15.6 Å². The summed E-state index contributed by atoms with van der Waals surface area (Å²) in [5.41, 5.74) is 1.62. The number of hydrogen-bond acceptors (Lipinski definition) is 4. The molecule has 152 valence electrons. The lowest BCUT2D eigenvalue weighted by Crippen LogP contribution is -2.39. The van der Waals surface area contributed by atoms with Crippen LogP contribution < -0.4 is 15.4 Å². The number of aryl methyl sites for hydroxylation is 2. The third kappa shape index (κ3) is 5.37. The molecule has 5 nitrogen and oxygen atoms in total. The number of nitrogens with one attached hydrogen (secondary N) is 2. The van der Waals surface area contributed by atoms with Crippen LogP contribution in [0.2, 0.25) is 0 Å². The topological polar surface area (TPSA) is 58.5 Å². The van der Waals surface area contributed by atoms with Gasteiger partial charge in [-0.25, -0.2) is 4.98 Å². The second-order valence-electron chi connectivity index (χ2n) is 6.68. The largest absolute Gasteiger partial charge is 0.573 e. The zero-order valence-electron chi connectivity index (χ0n) is 15.9. The van der Waals surface area contributed by atoms with Gasteiger partial charge in [-0.3, -0.25) is 4.99 Å². The molecule has 28 heavy (non-hydrogen) atoms. The van der Waals surface area contributed by atoms with Crippen molar-refractivity contribution in [2.45, 2.75) is 45.0 Å². The molecule has 0 radical (unpaired) electrons. The highest BCUT2D eigenvalue weighted by Gasteiger charge is 2.42. The van der Waals surface area contributed by atoms with Gasteiger partial charge in [0.2, 0.25) is 0 Å². The Kier molecular flexibility index (Phi) is 6.12. The molecule has 2 unspecified atom stereocenters. The zero-order chi connectivity index (χ0) is 20.3. The zero-order valence-corrected chi connectivity index (χ0v) is 16.7. The van der Waals surface area contributed by atoms with E-state index in [-0.39, 0.29) is 17.7 Å². The number of hydrogen-bond donors (Lipinski definition) is 2. The van der Waals surface area contributed by atoms with Gasteiger partial charge in [0, 0.05) is 36.9 Å². The van der Waals surface area contributed by atoms with Crippen LogP contribution in [0.3, 0.4) is 0 Å². The third-order valence-corrected chi connectivity index (χ3v) is 5.72. The Hall–Kier alpha value is -2.29. The summed E-state index contributed by atoms with van der Waals surface area (Å²) in [5.74, 6) is 0.454. The van der Waals surface area contributed by atoms with Crippen molar-refractivity contribution >= 4 is 17.3 Å². The van der Waals surface area contributed by atoms with E-state index in [1.54, 1.807) is 30.5 Å². The lowest BCUT2D eigenvalue weighted by molar-refractivity contribution is -0.274. The number of alkyl halides is 3. The van der Waals surface area contributed by atoms with Gasteiger partial charge in [0.15, 0.2) is 5.96 Å². The predicted octanol–water partition coefficient (Wildman–Crippen LogP) is 3.92. The van der Waals surface area contributed by atoms with Gasteiger partial charge in [0.05, 0.1) is 10.7 Å². The Labute approximate surface area is 166 Å². The van der Waals surface area contributed by atoms with Crippen LogP contribution in [0, 0.1) is 13.8 Å². The van der Waals surface area contributed by atoms with Gasteiger partial charge in [0.25, 0.3) is 0 Å². The minimum atomic E-state index is -4.70. The molecule has 2 N–H and O–H groups in total. The standard InChI is InChI=1S/C19H23F3N4OS/c1-11-12(2)28-17(25-11)8-9-24-18(23-3)26-15-10-14(15)13-6-4-5-7-16(13)27-19(20,21)22/h4-7,14-15H,8-10H2,1-3H3,(H2,23,24,26). The summed E-state index contributed by atoms with van der Waals surface area (Å²) in [7, 11) is 1.67. The fraction of sp³-hybridized carbons (Fsp3) is 0.474. The maximum atomic E-state index is 12.6. The van der Waals surface area contributed by atoms with Gasteiger partial charge in [-0.2, -0.15) is 0 Å². The molecule has 0 saturated heterocycles. The molecular weight excluding hydrogens is 389 g/mol. The number of benzene rings is 1. The van der Waals surface area contributed by atoms with Crippen molar-refractivity contribution in [2.24, 2.45) is 4.99 Å². The number of guanidine groups is 1. The Balaban J connectivity index is 1.52. The highest BCUT2D eigenvalue weighted by atomic mass is 32.1. The van der Waals surface area contributed by atoms with Crippen molar-refractivity contribution < 1.29 is 17.9 Å². The van der Waals surface area contributed by atoms with Gasteiger partial charge < -0.3 is 15.4 Å². The van der Waals surface area contributed by atoms with E-state index in [0.29, 0.717) is 18.1 Å². The van der Waals surface area contributed by atoms with E-state index in [4.69, 9.17) is 0 Å². The summed E-state index contributed by atoms with van der Waals surface area (Å²) in [6.07, 6.45) is -3.18. The number of rotatable bonds is 6. The van der Waals surface area contributed by atoms with Crippen molar-refractivity contribution in [2.75, 3.05) is 13.6 Å². The maximum Gasteiger partial charge on any atom is 0.573 e. The molecule has 0 aliphatic heterocycles. The fourth-order valence-electron chi connectivity index (χ4n) is 3.01. The Bertz CT molecular complexity index is 830. The molecular formula is C19H23F3N4OS. The van der Waals surface area contributed by atoms with E-state index in [2.05, 4.69) is 32.3 Å². The quantitative estimate of drug-likeness (QED) is 0.558. The molecule has 1 aliphatic carbocycles. The molecule has 1 aliphatic rings. The van der Waals surface area contributed by atoms with Crippen LogP contribution in [0.15, 0.2) is 29.3 Å². The Morgan fingerprint density at radius 1 is 1.32 bits per heavy atom. The first kappa shape index (κ1) is 20.4. The minimum absolute atomic E-state index is 0.0218. The summed E-state index contributed by atoms with van der Waals surface area (Å²) >= 11 is 1.69. The normalized spacial score (nSPS) is 19.4. The monoisotopic (exact) mass is 412 g/mol. The molecule has 0 amide bonds. The van der Waals surface area contributed by atoms with Gasteiger partial charge in [-0.15, -0.1) is 24.5 Å². The first-order valence-electron chi connectivity index (χ1n) is 9.01. The number of aliphatic imine (C=N–C) groups is 1. The molecule has 1 aromatic carbocycles. The average molecular weight is 412 g/mol. The first-order chi connectivity index (χ1) is 13.3. The number of para-hydroxylation sites is 1. The molecule has 2 atom stereocenters. The van der Waals surface area contributed by atoms with Crippen molar-refractivity contribution in [3.8, 4) is 5.75 Å². The van der Waals surface area contributed by atoms with Gasteiger partial charge in [-0.1, -0.05) is 18.2 Å². The number of ether oxygens (including phenoxy) is 1. The van der Waals surface area contributed by atoms with E-state index in [9.17, 15) is 13.2 Å². The van der Waals surface area contributed by atoms with E-state index in [1.807, 2.05) is 6.92 Å². The van der Waals surface area contributed by atoms with Crippen LogP contribution in [0.1, 0.15) is 33.5 Å². The molecule has 9 heteroatoms. The molecule has 1 heterocycles. The SMILES string of the molecule is CN=C(NCCc1nc(C)c(C)s1)NC1CC1c1ccccc1OC(F)(F)F. The van der Waals surface area contributed by atoms with Crippen LogP contribution in [0.5, 0.6) is 5.75 Å². The predicted molar refractivity (Wildman–Crippen MR) is 104 cm³/mol. The molecule has 2 aromatic rings. The van der Waals surface area contributed by atoms with Gasteiger partial charge in [0.1, 0.15) is 5.75 Å². The van der Waals surface area contributed by atoms with Crippen LogP contribution in [0.4, 0.5) is 13.2 Å². The Morgan fingerprint density at radius 2 is 2.07 bits per heavy atom. The smallest absolute Gasteiger partial charge is 0.405 e. The summed E-state index contributed by atoms with van der Waals surface area (Å²) < 4.78 is 42.0. The first-order valence-corrected chi connectivity index (χ1v) is 9.83. The lowest BCUT2D eigenvalue weighted by atomic mass is 10.1. The lowest BCUT2D eigenvalue weighted by Gasteiger charge is -2.14. The average Bonchev–Trinajstić information content (AvgIpc) is 3.30. The molecule has 1 aromatic heterocycles. The van der Waals surface area contributed by atoms with E-state index >= 15 is 0 Å². The summed E-state index contributed by atoms with van der Waals surface area (Å²) in [6.45, 7) is 4.73. The summed E-state index contributed by atoms with van der Waals surface area (Å²) in [6, 6.07) is 6.31. The van der Waals surface area contributed by atoms with Crippen molar-refractivity contribution in [3.63, 3.8) is 0 Å². The molecule has 3 rings (SSSR count). The third-order valence-electron chi connectivity index (χ3n) is 4.58. The van der Waals surface area contributed by atoms with Crippen LogP contribution in [-0.2, 0) is 6.42 Å². The molecule has 1 fully saturated rings. The summed E-state index contributed by atoms with van der Waals surface area (Å²) in [5, 5.41) is 7.57. The molecule has 0 spiro atoms. The van der Waals surface area contributed by atoms with Crippen LogP contribution in [-0.4, -0.2) is 36.9 Å². The molecule has 1 saturated carbocycles. The number of nitrogens with zero attached hydrogens (tertiary/aromatic N) is 2. The second kappa shape index (κ2) is 8.38. The highest BCUT2D eigenvalue weighted by Crippen LogP contribution is 2.45. The van der Waals surface area contributed by atoms with Gasteiger partial charge >= 0.3 is 6.36 Å². The minimum Gasteiger partial charge on any atom is -0.405 e. The van der Waals surface area contributed by atoms with E-state index in [0.717, 1.165) is 23.5 Å². The maximum absolute atomic E-state index is 12.6. The van der Waals surface area contributed by atoms with Crippen LogP contribution in [0.25, 0.3) is 0 Å². The number of aromatic nitrogens is 1. The molecule has 0 bridgehead atoms. The summed E-state index contributed by atoms with van der Waals surface area (Å²) in [4.78, 5) is 9.93. The van der Waals surface area contributed by atoms with Gasteiger partial charge in [-0.05, 0) is 31.9 Å². The van der Waals surface area contributed by atoms with Crippen molar-refractivity contribution in [3.05, 3.63) is 45.4 Å². The fourth-order valence-corrected chi connectivity index (χ4v) is 3.94. The van der Waals surface area contributed by atoms with E-state index < -0.39 is 6.36 Å². The number of halogens is 3.